The maximum atomic E-state index is 11.1. The van der Waals surface area contributed by atoms with Crippen molar-refractivity contribution in [2.24, 2.45) is 0 Å². The molecule has 0 fully saturated rings. The number of benzene rings is 1. The van der Waals surface area contributed by atoms with Crippen LogP contribution in [0.5, 0.6) is 5.75 Å². The Labute approximate surface area is 100 Å². The predicted octanol–water partition coefficient (Wildman–Crippen LogP) is 0.791. The Kier molecular flexibility index (Phi) is 4.93. The van der Waals surface area contributed by atoms with Gasteiger partial charge in [0.2, 0.25) is 0 Å². The number of rotatable bonds is 6. The minimum absolute atomic E-state index is 0.225. The van der Waals surface area contributed by atoms with Gasteiger partial charge in [-0.1, -0.05) is 12.1 Å². The Balaban J connectivity index is 2.78. The van der Waals surface area contributed by atoms with Crippen molar-refractivity contribution in [2.45, 2.75) is 19.1 Å². The third-order valence-electron chi connectivity index (χ3n) is 2.31. The van der Waals surface area contributed by atoms with E-state index in [1.165, 1.54) is 0 Å². The lowest BCUT2D eigenvalue weighted by Crippen LogP contribution is -2.33. The van der Waals surface area contributed by atoms with E-state index in [1.54, 1.807) is 38.3 Å². The molecule has 0 aliphatic rings. The Morgan fingerprint density at radius 1 is 1.41 bits per heavy atom. The first-order valence-electron chi connectivity index (χ1n) is 5.32. The largest absolute Gasteiger partial charge is 0.497 e. The number of hydrogen-bond acceptors (Lipinski definition) is 4. The van der Waals surface area contributed by atoms with Gasteiger partial charge in [-0.15, -0.1) is 0 Å². The minimum Gasteiger partial charge on any atom is -0.497 e. The van der Waals surface area contributed by atoms with Crippen molar-refractivity contribution in [3.63, 3.8) is 0 Å². The van der Waals surface area contributed by atoms with E-state index < -0.39 is 18.1 Å². The van der Waals surface area contributed by atoms with Crippen molar-refractivity contribution >= 4 is 5.97 Å². The van der Waals surface area contributed by atoms with E-state index in [0.29, 0.717) is 11.3 Å². The second kappa shape index (κ2) is 6.22. The number of carboxylic acids is 1. The van der Waals surface area contributed by atoms with Crippen molar-refractivity contribution in [3.8, 4) is 5.75 Å². The van der Waals surface area contributed by atoms with Crippen molar-refractivity contribution in [2.75, 3.05) is 13.7 Å². The zero-order chi connectivity index (χ0) is 12.8. The highest BCUT2D eigenvalue weighted by atomic mass is 16.5. The molecular weight excluding hydrogens is 222 g/mol. The van der Waals surface area contributed by atoms with Crippen LogP contribution < -0.4 is 10.1 Å². The molecule has 2 atom stereocenters. The highest BCUT2D eigenvalue weighted by molar-refractivity contribution is 5.75. The topological polar surface area (TPSA) is 78.8 Å². The number of ether oxygens (including phenoxy) is 1. The molecule has 94 valence electrons. The Bertz CT molecular complexity index is 361. The number of carbonyl (C=O) groups is 1. The van der Waals surface area contributed by atoms with Crippen molar-refractivity contribution < 1.29 is 19.7 Å². The van der Waals surface area contributed by atoms with Gasteiger partial charge in [0.1, 0.15) is 11.8 Å². The molecule has 2 unspecified atom stereocenters. The molecule has 0 saturated carbocycles. The first kappa shape index (κ1) is 13.5. The van der Waals surface area contributed by atoms with Gasteiger partial charge in [-0.2, -0.15) is 0 Å². The lowest BCUT2D eigenvalue weighted by atomic mass is 10.1. The van der Waals surface area contributed by atoms with Crippen LogP contribution in [0, 0.1) is 0 Å². The van der Waals surface area contributed by atoms with Crippen molar-refractivity contribution in [1.29, 1.82) is 0 Å². The average Bonchev–Trinajstić information content (AvgIpc) is 2.29. The Morgan fingerprint density at radius 2 is 2.00 bits per heavy atom. The van der Waals surface area contributed by atoms with E-state index in [4.69, 9.17) is 14.9 Å². The number of hydrogen-bond donors (Lipinski definition) is 3. The summed E-state index contributed by atoms with van der Waals surface area (Å²) < 4.78 is 5.00. The second-order valence-corrected chi connectivity index (χ2v) is 3.80. The molecule has 1 aromatic carbocycles. The summed E-state index contributed by atoms with van der Waals surface area (Å²) in [6, 6.07) is 5.96. The third kappa shape index (κ3) is 4.05. The number of aliphatic carboxylic acids is 1. The van der Waals surface area contributed by atoms with Gasteiger partial charge in [0.15, 0.2) is 0 Å². The summed E-state index contributed by atoms with van der Waals surface area (Å²) >= 11 is 0. The quantitative estimate of drug-likeness (QED) is 0.684. The minimum atomic E-state index is -0.976. The van der Waals surface area contributed by atoms with Crippen molar-refractivity contribution in [3.05, 3.63) is 29.8 Å². The number of carboxylic acid groups (broad SMARTS) is 1. The molecule has 0 amide bonds. The molecule has 1 aromatic rings. The lowest BCUT2D eigenvalue weighted by molar-refractivity contribution is -0.139. The summed E-state index contributed by atoms with van der Waals surface area (Å²) in [6.45, 7) is 1.82. The fraction of sp³-hybridized carbons (Fsp3) is 0.417. The van der Waals surface area contributed by atoms with Gasteiger partial charge in [-0.05, 0) is 24.6 Å². The van der Waals surface area contributed by atoms with E-state index in [9.17, 15) is 4.79 Å². The van der Waals surface area contributed by atoms with Crippen LogP contribution in [0.1, 0.15) is 18.5 Å². The lowest BCUT2D eigenvalue weighted by Gasteiger charge is -2.16. The maximum absolute atomic E-state index is 11.1. The molecular formula is C12H17NO4. The van der Waals surface area contributed by atoms with E-state index in [2.05, 4.69) is 5.32 Å². The van der Waals surface area contributed by atoms with Crippen LogP contribution in [-0.2, 0) is 4.79 Å². The molecule has 0 aromatic heterocycles. The van der Waals surface area contributed by atoms with Gasteiger partial charge in [-0.25, -0.2) is 0 Å². The maximum Gasteiger partial charge on any atom is 0.325 e. The summed E-state index contributed by atoms with van der Waals surface area (Å²) in [5, 5.41) is 21.0. The normalized spacial score (nSPS) is 14.1. The summed E-state index contributed by atoms with van der Waals surface area (Å²) in [4.78, 5) is 11.1. The van der Waals surface area contributed by atoms with Crippen LogP contribution in [0.15, 0.2) is 24.3 Å². The van der Waals surface area contributed by atoms with Gasteiger partial charge in [0.05, 0.1) is 13.2 Å². The molecule has 0 heterocycles. The molecule has 0 saturated heterocycles. The average molecular weight is 239 g/mol. The second-order valence-electron chi connectivity index (χ2n) is 3.80. The number of aliphatic hydroxyl groups is 1. The monoisotopic (exact) mass is 239 g/mol. The smallest absolute Gasteiger partial charge is 0.325 e. The van der Waals surface area contributed by atoms with E-state index in [1.807, 2.05) is 0 Å². The molecule has 5 heteroatoms. The van der Waals surface area contributed by atoms with E-state index >= 15 is 0 Å². The summed E-state index contributed by atoms with van der Waals surface area (Å²) in [5.41, 5.74) is 0.624. The van der Waals surface area contributed by atoms with Crippen LogP contribution in [0.2, 0.25) is 0 Å². The number of methoxy groups -OCH3 is 1. The SMILES string of the molecule is COc1ccc(C(NCC(C)O)C(=O)O)cc1. The van der Waals surface area contributed by atoms with E-state index in [0.717, 1.165) is 0 Å². The molecule has 0 aliphatic carbocycles. The Morgan fingerprint density at radius 3 is 2.41 bits per heavy atom. The molecule has 3 N–H and O–H groups in total. The predicted molar refractivity (Wildman–Crippen MR) is 63.1 cm³/mol. The van der Waals surface area contributed by atoms with Crippen LogP contribution in [-0.4, -0.2) is 35.9 Å². The first-order chi connectivity index (χ1) is 8.04. The molecule has 17 heavy (non-hydrogen) atoms. The zero-order valence-corrected chi connectivity index (χ0v) is 9.88. The van der Waals surface area contributed by atoms with Crippen LogP contribution in [0.25, 0.3) is 0 Å². The Hall–Kier alpha value is -1.59. The van der Waals surface area contributed by atoms with E-state index in [-0.39, 0.29) is 6.54 Å². The van der Waals surface area contributed by atoms with Crippen LogP contribution in [0.3, 0.4) is 0 Å². The zero-order valence-electron chi connectivity index (χ0n) is 9.88. The first-order valence-corrected chi connectivity index (χ1v) is 5.32. The molecule has 5 nitrogen and oxygen atoms in total. The third-order valence-corrected chi connectivity index (χ3v) is 2.31. The highest BCUT2D eigenvalue weighted by Crippen LogP contribution is 2.17. The molecule has 1 rings (SSSR count). The summed E-state index contributed by atoms with van der Waals surface area (Å²) in [7, 11) is 1.55. The highest BCUT2D eigenvalue weighted by Gasteiger charge is 2.19. The summed E-state index contributed by atoms with van der Waals surface area (Å²) in [6.07, 6.45) is -0.588. The molecule has 0 aliphatic heterocycles. The number of aliphatic hydroxyl groups excluding tert-OH is 1. The van der Waals surface area contributed by atoms with Gasteiger partial charge in [0, 0.05) is 6.54 Å². The van der Waals surface area contributed by atoms with Gasteiger partial charge >= 0.3 is 5.97 Å². The molecule has 0 spiro atoms. The van der Waals surface area contributed by atoms with Crippen molar-refractivity contribution in [1.82, 2.24) is 5.32 Å². The standard InChI is InChI=1S/C12H17NO4/c1-8(14)7-13-11(12(15)16)9-3-5-10(17-2)6-4-9/h3-6,8,11,13-14H,7H2,1-2H3,(H,15,16). The van der Waals surface area contributed by atoms with Crippen LogP contribution in [0.4, 0.5) is 0 Å². The van der Waals surface area contributed by atoms with Gasteiger partial charge in [-0.3, -0.25) is 10.1 Å². The van der Waals surface area contributed by atoms with Gasteiger partial charge < -0.3 is 14.9 Å². The van der Waals surface area contributed by atoms with Gasteiger partial charge in [0.25, 0.3) is 0 Å². The fourth-order valence-electron chi connectivity index (χ4n) is 1.43. The molecule has 0 bridgehead atoms. The number of nitrogens with one attached hydrogen (secondary N) is 1. The van der Waals surface area contributed by atoms with Crippen LogP contribution >= 0.6 is 0 Å². The molecule has 0 radical (unpaired) electrons. The fourth-order valence-corrected chi connectivity index (χ4v) is 1.43. The summed E-state index contributed by atoms with van der Waals surface area (Å²) in [5.74, 6) is -0.302.